The molecule has 0 fully saturated rings. The Morgan fingerprint density at radius 1 is 1.40 bits per heavy atom. The Kier molecular flexibility index (Phi) is 4.95. The van der Waals surface area contributed by atoms with E-state index in [4.69, 9.17) is 5.11 Å². The molecule has 1 rings (SSSR count). The summed E-state index contributed by atoms with van der Waals surface area (Å²) < 4.78 is 39.7. The number of alkyl halides is 3. The van der Waals surface area contributed by atoms with E-state index in [0.29, 0.717) is 6.41 Å². The van der Waals surface area contributed by atoms with Crippen LogP contribution in [0.15, 0.2) is 24.3 Å². The molecule has 0 aromatic heterocycles. The molecule has 0 aliphatic heterocycles. The van der Waals surface area contributed by atoms with Crippen LogP contribution in [0, 0.1) is 0 Å². The summed E-state index contributed by atoms with van der Waals surface area (Å²) in [4.78, 5) is 23.0. The molecule has 20 heavy (non-hydrogen) atoms. The number of ether oxygens (including phenoxy) is 1. The lowest BCUT2D eigenvalue weighted by molar-refractivity contribution is -0.274. The minimum Gasteiger partial charge on any atom is -0.479 e. The summed E-state index contributed by atoms with van der Waals surface area (Å²) in [6.07, 6.45) is -4.44. The van der Waals surface area contributed by atoms with Gasteiger partial charge in [-0.05, 0) is 24.6 Å². The summed E-state index contributed by atoms with van der Waals surface area (Å²) >= 11 is 0. The van der Waals surface area contributed by atoms with Gasteiger partial charge in [0.15, 0.2) is 6.04 Å². The molecule has 0 spiro atoms. The van der Waals surface area contributed by atoms with Gasteiger partial charge in [0.25, 0.3) is 0 Å². The molecule has 5 nitrogen and oxygen atoms in total. The van der Waals surface area contributed by atoms with Crippen molar-refractivity contribution in [1.82, 2.24) is 4.90 Å². The van der Waals surface area contributed by atoms with Gasteiger partial charge in [-0.1, -0.05) is 12.1 Å². The molecule has 0 aliphatic rings. The molecule has 0 saturated heterocycles. The summed E-state index contributed by atoms with van der Waals surface area (Å²) in [6, 6.07) is 3.09. The van der Waals surface area contributed by atoms with Crippen LogP contribution in [-0.2, 0) is 9.59 Å². The van der Waals surface area contributed by atoms with Crippen LogP contribution >= 0.6 is 0 Å². The molecule has 1 amide bonds. The zero-order valence-electron chi connectivity index (χ0n) is 10.4. The fraction of sp³-hybridized carbons (Fsp3) is 0.333. The minimum atomic E-state index is -4.81. The summed E-state index contributed by atoms with van der Waals surface area (Å²) in [6.45, 7) is 1.74. The SMILES string of the molecule is CCN(C=O)C(C(=O)O)c1ccc(OC(F)(F)F)cc1. The number of nitrogens with zero attached hydrogens (tertiary/aromatic N) is 1. The van der Waals surface area contributed by atoms with Crippen LogP contribution < -0.4 is 4.74 Å². The molecule has 0 heterocycles. The van der Waals surface area contributed by atoms with Crippen molar-refractivity contribution in [3.05, 3.63) is 29.8 Å². The average Bonchev–Trinajstić information content (AvgIpc) is 2.35. The Morgan fingerprint density at radius 2 is 1.95 bits per heavy atom. The average molecular weight is 291 g/mol. The number of aliphatic carboxylic acids is 1. The predicted octanol–water partition coefficient (Wildman–Crippen LogP) is 2.19. The van der Waals surface area contributed by atoms with Crippen molar-refractivity contribution in [2.75, 3.05) is 6.54 Å². The van der Waals surface area contributed by atoms with E-state index in [1.165, 1.54) is 12.1 Å². The van der Waals surface area contributed by atoms with E-state index in [1.54, 1.807) is 6.92 Å². The maximum absolute atomic E-state index is 12.0. The fourth-order valence-corrected chi connectivity index (χ4v) is 1.65. The molecule has 0 aliphatic carbocycles. The van der Waals surface area contributed by atoms with Crippen molar-refractivity contribution in [2.45, 2.75) is 19.3 Å². The maximum atomic E-state index is 12.0. The van der Waals surface area contributed by atoms with Gasteiger partial charge in [-0.2, -0.15) is 0 Å². The van der Waals surface area contributed by atoms with Crippen LogP contribution in [0.25, 0.3) is 0 Å². The molecule has 8 heteroatoms. The second kappa shape index (κ2) is 6.27. The molecule has 1 unspecified atom stereocenters. The standard InChI is InChI=1S/C12H12F3NO4/c1-2-16(7-17)10(11(18)19)8-3-5-9(6-4-8)20-12(13,14)15/h3-7,10H,2H2,1H3,(H,18,19). The molecule has 0 saturated carbocycles. The highest BCUT2D eigenvalue weighted by Gasteiger charge is 2.31. The lowest BCUT2D eigenvalue weighted by atomic mass is 10.1. The maximum Gasteiger partial charge on any atom is 0.573 e. The Labute approximate surface area is 112 Å². The molecule has 0 bridgehead atoms. The first-order valence-corrected chi connectivity index (χ1v) is 5.58. The topological polar surface area (TPSA) is 66.8 Å². The quantitative estimate of drug-likeness (QED) is 0.816. The van der Waals surface area contributed by atoms with Gasteiger partial charge < -0.3 is 14.7 Å². The van der Waals surface area contributed by atoms with E-state index >= 15 is 0 Å². The number of likely N-dealkylation sites (N-methyl/N-ethyl adjacent to an activating group) is 1. The highest BCUT2D eigenvalue weighted by atomic mass is 19.4. The number of amides is 1. The van der Waals surface area contributed by atoms with Gasteiger partial charge in [0, 0.05) is 6.54 Å². The molecule has 1 atom stereocenters. The van der Waals surface area contributed by atoms with E-state index in [2.05, 4.69) is 4.74 Å². The van der Waals surface area contributed by atoms with Crippen molar-refractivity contribution in [2.24, 2.45) is 0 Å². The van der Waals surface area contributed by atoms with E-state index in [-0.39, 0.29) is 12.1 Å². The van der Waals surface area contributed by atoms with Gasteiger partial charge in [0.1, 0.15) is 5.75 Å². The first kappa shape index (κ1) is 15.8. The smallest absolute Gasteiger partial charge is 0.479 e. The first-order valence-electron chi connectivity index (χ1n) is 5.58. The molecule has 110 valence electrons. The third-order valence-electron chi connectivity index (χ3n) is 2.50. The fourth-order valence-electron chi connectivity index (χ4n) is 1.65. The van der Waals surface area contributed by atoms with Crippen LogP contribution in [-0.4, -0.2) is 35.3 Å². The lowest BCUT2D eigenvalue weighted by Crippen LogP contribution is -2.32. The summed E-state index contributed by atoms with van der Waals surface area (Å²) in [5, 5.41) is 9.10. The van der Waals surface area contributed by atoms with Gasteiger partial charge in [-0.3, -0.25) is 4.79 Å². The van der Waals surface area contributed by atoms with Crippen molar-refractivity contribution >= 4 is 12.4 Å². The summed E-state index contributed by atoms with van der Waals surface area (Å²) in [5.41, 5.74) is 0.181. The van der Waals surface area contributed by atoms with Crippen LogP contribution in [0.3, 0.4) is 0 Å². The van der Waals surface area contributed by atoms with E-state index in [9.17, 15) is 22.8 Å². The van der Waals surface area contributed by atoms with Gasteiger partial charge in [-0.25, -0.2) is 4.79 Å². The van der Waals surface area contributed by atoms with Crippen LogP contribution in [0.2, 0.25) is 0 Å². The number of benzene rings is 1. The van der Waals surface area contributed by atoms with E-state index in [1.807, 2.05) is 0 Å². The van der Waals surface area contributed by atoms with Crippen LogP contribution in [0.4, 0.5) is 13.2 Å². The molecule has 1 N–H and O–H groups in total. The Balaban J connectivity index is 2.99. The molecular formula is C12H12F3NO4. The minimum absolute atomic E-state index is 0.154. The zero-order valence-corrected chi connectivity index (χ0v) is 10.4. The van der Waals surface area contributed by atoms with Crippen molar-refractivity contribution < 1.29 is 32.6 Å². The predicted molar refractivity (Wildman–Crippen MR) is 61.9 cm³/mol. The molecule has 1 aromatic rings. The van der Waals surface area contributed by atoms with Crippen molar-refractivity contribution in [1.29, 1.82) is 0 Å². The monoisotopic (exact) mass is 291 g/mol. The zero-order chi connectivity index (χ0) is 15.3. The van der Waals surface area contributed by atoms with Gasteiger partial charge in [0.05, 0.1) is 0 Å². The highest BCUT2D eigenvalue weighted by Crippen LogP contribution is 2.26. The first-order chi connectivity index (χ1) is 9.28. The van der Waals surface area contributed by atoms with E-state index in [0.717, 1.165) is 17.0 Å². The van der Waals surface area contributed by atoms with Crippen molar-refractivity contribution in [3.8, 4) is 5.75 Å². The summed E-state index contributed by atoms with van der Waals surface area (Å²) in [7, 11) is 0. The normalized spacial score (nSPS) is 12.6. The second-order valence-electron chi connectivity index (χ2n) is 3.79. The third kappa shape index (κ3) is 4.15. The number of rotatable bonds is 6. The van der Waals surface area contributed by atoms with E-state index < -0.39 is 24.1 Å². The second-order valence-corrected chi connectivity index (χ2v) is 3.79. The van der Waals surface area contributed by atoms with Gasteiger partial charge in [0.2, 0.25) is 6.41 Å². The summed E-state index contributed by atoms with van der Waals surface area (Å²) in [5.74, 6) is -1.73. The largest absolute Gasteiger partial charge is 0.573 e. The van der Waals surface area contributed by atoms with Crippen molar-refractivity contribution in [3.63, 3.8) is 0 Å². The molecule has 0 radical (unpaired) electrons. The van der Waals surface area contributed by atoms with Gasteiger partial charge >= 0.3 is 12.3 Å². The molecule has 1 aromatic carbocycles. The number of halogens is 3. The Morgan fingerprint density at radius 3 is 2.30 bits per heavy atom. The number of carbonyl (C=O) groups is 2. The number of carboxylic acid groups (broad SMARTS) is 1. The number of hydrogen-bond donors (Lipinski definition) is 1. The Bertz CT molecular complexity index is 473. The lowest BCUT2D eigenvalue weighted by Gasteiger charge is -2.23. The van der Waals surface area contributed by atoms with Crippen LogP contribution in [0.1, 0.15) is 18.5 Å². The third-order valence-corrected chi connectivity index (χ3v) is 2.50. The Hall–Kier alpha value is -2.25. The highest BCUT2D eigenvalue weighted by molar-refractivity contribution is 5.78. The number of hydrogen-bond acceptors (Lipinski definition) is 3. The van der Waals surface area contributed by atoms with Crippen LogP contribution in [0.5, 0.6) is 5.75 Å². The number of carbonyl (C=O) groups excluding carboxylic acids is 1. The number of carboxylic acids is 1. The molecular weight excluding hydrogens is 279 g/mol. The van der Waals surface area contributed by atoms with Gasteiger partial charge in [-0.15, -0.1) is 13.2 Å².